The van der Waals surface area contributed by atoms with Gasteiger partial charge in [-0.15, -0.1) is 0 Å². The molecule has 0 N–H and O–H groups in total. The fourth-order valence-electron chi connectivity index (χ4n) is 1.34. The van der Waals surface area contributed by atoms with Gasteiger partial charge in [0.2, 0.25) is 5.88 Å². The molecular weight excluding hydrogens is 346 g/mol. The molecule has 0 amide bonds. The van der Waals surface area contributed by atoms with Gasteiger partial charge in [0.15, 0.2) is 0 Å². The summed E-state index contributed by atoms with van der Waals surface area (Å²) in [5.74, 6) is 0.148. The minimum atomic E-state index is -4.50. The molecule has 0 unspecified atom stereocenters. The summed E-state index contributed by atoms with van der Waals surface area (Å²) in [4.78, 5) is 3.70. The van der Waals surface area contributed by atoms with E-state index in [1.165, 1.54) is 0 Å². The van der Waals surface area contributed by atoms with Crippen molar-refractivity contribution in [2.45, 2.75) is 6.18 Å². The highest BCUT2D eigenvalue weighted by molar-refractivity contribution is 9.10. The third-order valence-electron chi connectivity index (χ3n) is 2.12. The van der Waals surface area contributed by atoms with E-state index in [9.17, 15) is 13.2 Å². The van der Waals surface area contributed by atoms with E-state index in [1.54, 1.807) is 24.3 Å². The van der Waals surface area contributed by atoms with E-state index < -0.39 is 11.7 Å². The van der Waals surface area contributed by atoms with Crippen molar-refractivity contribution in [2.24, 2.45) is 0 Å². The summed E-state index contributed by atoms with van der Waals surface area (Å²) in [6.45, 7) is 0. The van der Waals surface area contributed by atoms with Crippen LogP contribution < -0.4 is 4.74 Å². The van der Waals surface area contributed by atoms with Crippen LogP contribution in [0.1, 0.15) is 5.56 Å². The maximum Gasteiger partial charge on any atom is 0.416 e. The van der Waals surface area contributed by atoms with Crippen LogP contribution in [0.15, 0.2) is 40.9 Å². The zero-order valence-electron chi connectivity index (χ0n) is 9.21. The van der Waals surface area contributed by atoms with E-state index in [0.29, 0.717) is 5.75 Å². The Morgan fingerprint density at radius 1 is 1.16 bits per heavy atom. The lowest BCUT2D eigenvalue weighted by Gasteiger charge is -2.10. The molecule has 0 saturated carbocycles. The number of rotatable bonds is 2. The molecule has 0 aliphatic carbocycles. The third-order valence-corrected chi connectivity index (χ3v) is 2.80. The van der Waals surface area contributed by atoms with Crippen molar-refractivity contribution in [2.75, 3.05) is 0 Å². The van der Waals surface area contributed by atoms with Gasteiger partial charge < -0.3 is 4.74 Å². The summed E-state index contributed by atoms with van der Waals surface area (Å²) < 4.78 is 43.8. The molecule has 19 heavy (non-hydrogen) atoms. The Balaban J connectivity index is 2.33. The molecule has 1 heterocycles. The molecule has 2 aromatic rings. The number of benzene rings is 1. The first-order valence-electron chi connectivity index (χ1n) is 5.03. The van der Waals surface area contributed by atoms with Crippen LogP contribution in [0.3, 0.4) is 0 Å². The van der Waals surface area contributed by atoms with E-state index in [0.717, 1.165) is 16.6 Å². The van der Waals surface area contributed by atoms with Crippen LogP contribution in [-0.4, -0.2) is 4.98 Å². The molecule has 0 aliphatic heterocycles. The fourth-order valence-corrected chi connectivity index (χ4v) is 1.92. The van der Waals surface area contributed by atoms with Crippen molar-refractivity contribution in [3.05, 3.63) is 51.6 Å². The third kappa shape index (κ3) is 3.84. The maximum absolute atomic E-state index is 12.6. The quantitative estimate of drug-likeness (QED) is 0.684. The van der Waals surface area contributed by atoms with Crippen LogP contribution >= 0.6 is 27.5 Å². The lowest BCUT2D eigenvalue weighted by Crippen LogP contribution is -2.05. The minimum absolute atomic E-state index is 0.210. The van der Waals surface area contributed by atoms with Crippen molar-refractivity contribution in [1.82, 2.24) is 4.98 Å². The van der Waals surface area contributed by atoms with E-state index in [1.807, 2.05) is 0 Å². The van der Waals surface area contributed by atoms with Crippen molar-refractivity contribution in [3.63, 3.8) is 0 Å². The predicted molar refractivity (Wildman–Crippen MR) is 68.5 cm³/mol. The summed E-state index contributed by atoms with van der Waals surface area (Å²) in [6, 6.07) is 8.20. The first kappa shape index (κ1) is 14.1. The van der Waals surface area contributed by atoms with Crippen LogP contribution in [0.2, 0.25) is 5.15 Å². The number of pyridine rings is 1. The number of ether oxygens (including phenoxy) is 1. The Bertz CT molecular complexity index is 604. The number of nitrogens with zero attached hydrogens (tertiary/aromatic N) is 1. The SMILES string of the molecule is FC(F)(F)c1cc(Cl)nc(Oc2cccc(Br)c2)c1. The molecule has 0 fully saturated rings. The molecule has 0 spiro atoms. The van der Waals surface area contributed by atoms with Gasteiger partial charge in [0.1, 0.15) is 10.9 Å². The average Bonchev–Trinajstić information content (AvgIpc) is 2.26. The van der Waals surface area contributed by atoms with E-state index in [4.69, 9.17) is 16.3 Å². The molecule has 0 saturated heterocycles. The highest BCUT2D eigenvalue weighted by atomic mass is 79.9. The van der Waals surface area contributed by atoms with E-state index in [-0.39, 0.29) is 11.0 Å². The molecule has 2 nitrogen and oxygen atoms in total. The first-order chi connectivity index (χ1) is 8.84. The van der Waals surface area contributed by atoms with E-state index >= 15 is 0 Å². The van der Waals surface area contributed by atoms with Crippen LogP contribution in [0.4, 0.5) is 13.2 Å². The second-order valence-electron chi connectivity index (χ2n) is 3.57. The van der Waals surface area contributed by atoms with Gasteiger partial charge in [-0.1, -0.05) is 33.6 Å². The van der Waals surface area contributed by atoms with Crippen LogP contribution in [0.25, 0.3) is 0 Å². The Kier molecular flexibility index (Phi) is 4.01. The fraction of sp³-hybridized carbons (Fsp3) is 0.0833. The number of hydrogen-bond donors (Lipinski definition) is 0. The molecule has 1 aromatic heterocycles. The first-order valence-corrected chi connectivity index (χ1v) is 6.20. The molecule has 100 valence electrons. The number of aromatic nitrogens is 1. The Labute approximate surface area is 120 Å². The highest BCUT2D eigenvalue weighted by Crippen LogP contribution is 2.33. The van der Waals surface area contributed by atoms with Gasteiger partial charge >= 0.3 is 6.18 Å². The molecule has 2 rings (SSSR count). The van der Waals surface area contributed by atoms with Gasteiger partial charge in [-0.2, -0.15) is 13.2 Å². The predicted octanol–water partition coefficient (Wildman–Crippen LogP) is 5.31. The molecule has 0 bridgehead atoms. The minimum Gasteiger partial charge on any atom is -0.439 e. The van der Waals surface area contributed by atoms with Gasteiger partial charge in [0.25, 0.3) is 0 Å². The molecule has 7 heteroatoms. The van der Waals surface area contributed by atoms with Gasteiger partial charge in [0, 0.05) is 10.5 Å². The van der Waals surface area contributed by atoms with Crippen molar-refractivity contribution in [1.29, 1.82) is 0 Å². The molecule has 0 radical (unpaired) electrons. The number of alkyl halides is 3. The number of halogens is 5. The van der Waals surface area contributed by atoms with Crippen LogP contribution in [0.5, 0.6) is 11.6 Å². The summed E-state index contributed by atoms with van der Waals surface area (Å²) in [5, 5.41) is -0.278. The van der Waals surface area contributed by atoms with Gasteiger partial charge in [-0.25, -0.2) is 4.98 Å². The second kappa shape index (κ2) is 5.38. The number of hydrogen-bond acceptors (Lipinski definition) is 2. The Hall–Kier alpha value is -1.27. The largest absolute Gasteiger partial charge is 0.439 e. The summed E-state index contributed by atoms with van der Waals surface area (Å²) in [6.07, 6.45) is -4.50. The molecule has 0 atom stereocenters. The Morgan fingerprint density at radius 3 is 2.53 bits per heavy atom. The lowest BCUT2D eigenvalue weighted by molar-refractivity contribution is -0.137. The normalized spacial score (nSPS) is 11.4. The lowest BCUT2D eigenvalue weighted by atomic mass is 10.2. The highest BCUT2D eigenvalue weighted by Gasteiger charge is 2.31. The maximum atomic E-state index is 12.6. The standard InChI is InChI=1S/C12H6BrClF3NO/c13-8-2-1-3-9(6-8)19-11-5-7(12(15,16)17)4-10(14)18-11/h1-6H. The smallest absolute Gasteiger partial charge is 0.416 e. The van der Waals surface area contributed by atoms with Gasteiger partial charge in [-0.3, -0.25) is 0 Å². The zero-order chi connectivity index (χ0) is 14.0. The summed E-state index contributed by atoms with van der Waals surface area (Å²) in [5.41, 5.74) is -0.905. The second-order valence-corrected chi connectivity index (χ2v) is 4.88. The van der Waals surface area contributed by atoms with Crippen molar-refractivity contribution >= 4 is 27.5 Å². The van der Waals surface area contributed by atoms with E-state index in [2.05, 4.69) is 20.9 Å². The summed E-state index contributed by atoms with van der Waals surface area (Å²) >= 11 is 8.78. The van der Waals surface area contributed by atoms with Crippen LogP contribution in [-0.2, 0) is 6.18 Å². The van der Waals surface area contributed by atoms with Gasteiger partial charge in [-0.05, 0) is 24.3 Å². The van der Waals surface area contributed by atoms with Crippen molar-refractivity contribution < 1.29 is 17.9 Å². The molecular formula is C12H6BrClF3NO. The topological polar surface area (TPSA) is 22.1 Å². The summed E-state index contributed by atoms with van der Waals surface area (Å²) in [7, 11) is 0. The molecule has 0 aliphatic rings. The monoisotopic (exact) mass is 351 g/mol. The molecule has 1 aromatic carbocycles. The van der Waals surface area contributed by atoms with Gasteiger partial charge in [0.05, 0.1) is 5.56 Å². The Morgan fingerprint density at radius 2 is 1.89 bits per heavy atom. The van der Waals surface area contributed by atoms with Crippen molar-refractivity contribution in [3.8, 4) is 11.6 Å². The zero-order valence-corrected chi connectivity index (χ0v) is 11.6. The van der Waals surface area contributed by atoms with Crippen LogP contribution in [0, 0.1) is 0 Å². The average molecular weight is 353 g/mol.